The predicted molar refractivity (Wildman–Crippen MR) is 103 cm³/mol. The van der Waals surface area contributed by atoms with E-state index in [9.17, 15) is 19.5 Å². The molecule has 0 aliphatic carbocycles. The molecule has 2 rings (SSSR count). The van der Waals surface area contributed by atoms with Crippen LogP contribution in [0.3, 0.4) is 0 Å². The summed E-state index contributed by atoms with van der Waals surface area (Å²) >= 11 is 0. The van der Waals surface area contributed by atoms with E-state index in [1.807, 2.05) is 39.8 Å². The predicted octanol–water partition coefficient (Wildman–Crippen LogP) is 4.24. The Balaban J connectivity index is 2.53. The van der Waals surface area contributed by atoms with Crippen LogP contribution in [-0.2, 0) is 23.8 Å². The first-order valence-electron chi connectivity index (χ1n) is 8.77. The number of phenols is 1. The minimum absolute atomic E-state index is 0.242. The lowest BCUT2D eigenvalue weighted by Gasteiger charge is -2.23. The molecule has 2 aromatic rings. The SMILES string of the molecule is CCc1c(C)c(Cc2ccc(O)cc2)c(C)c(CC)c1OCP(=O)(O)O. The molecule has 3 N–H and O–H groups in total. The molecule has 0 saturated heterocycles. The standard InChI is InChI=1S/C20H27O5P/c1-5-17-13(3)19(11-15-7-9-16(21)10-8-15)14(4)18(6-2)20(17)25-12-26(22,23)24/h7-10,21H,5-6,11-12H2,1-4H3,(H2,22,23,24). The van der Waals surface area contributed by atoms with Crippen molar-refractivity contribution in [1.82, 2.24) is 0 Å². The quantitative estimate of drug-likeness (QED) is 0.628. The van der Waals surface area contributed by atoms with Crippen LogP contribution in [0.25, 0.3) is 0 Å². The zero-order valence-corrected chi connectivity index (χ0v) is 16.6. The third-order valence-corrected chi connectivity index (χ3v) is 5.23. The van der Waals surface area contributed by atoms with Crippen molar-refractivity contribution in [2.45, 2.75) is 47.0 Å². The molecule has 0 aliphatic rings. The first-order valence-corrected chi connectivity index (χ1v) is 10.6. The van der Waals surface area contributed by atoms with Gasteiger partial charge in [0, 0.05) is 0 Å². The first-order chi connectivity index (χ1) is 12.2. The Hall–Kier alpha value is -1.81. The van der Waals surface area contributed by atoms with Gasteiger partial charge >= 0.3 is 7.60 Å². The molecule has 0 aliphatic heterocycles. The summed E-state index contributed by atoms with van der Waals surface area (Å²) in [6.07, 6.45) is 1.57. The second kappa shape index (κ2) is 8.26. The van der Waals surface area contributed by atoms with E-state index in [1.165, 1.54) is 5.56 Å². The van der Waals surface area contributed by atoms with Gasteiger partial charge in [-0.05, 0) is 78.6 Å². The van der Waals surface area contributed by atoms with Crippen LogP contribution in [-0.4, -0.2) is 21.2 Å². The Kier molecular flexibility index (Phi) is 6.51. The topological polar surface area (TPSA) is 87.0 Å². The van der Waals surface area contributed by atoms with Crippen LogP contribution in [0.1, 0.15) is 47.2 Å². The molecule has 0 saturated carbocycles. The van der Waals surface area contributed by atoms with Crippen molar-refractivity contribution in [2.75, 3.05) is 6.35 Å². The van der Waals surface area contributed by atoms with E-state index in [0.29, 0.717) is 5.75 Å². The lowest BCUT2D eigenvalue weighted by molar-refractivity contribution is 0.297. The van der Waals surface area contributed by atoms with E-state index in [4.69, 9.17) is 4.74 Å². The smallest absolute Gasteiger partial charge is 0.362 e. The van der Waals surface area contributed by atoms with Crippen LogP contribution in [0.5, 0.6) is 11.5 Å². The number of benzene rings is 2. The normalized spacial score (nSPS) is 11.6. The van der Waals surface area contributed by atoms with Crippen molar-refractivity contribution in [3.63, 3.8) is 0 Å². The van der Waals surface area contributed by atoms with Crippen LogP contribution in [0, 0.1) is 13.8 Å². The van der Waals surface area contributed by atoms with Gasteiger partial charge in [-0.1, -0.05) is 26.0 Å². The van der Waals surface area contributed by atoms with Gasteiger partial charge in [0.2, 0.25) is 0 Å². The maximum absolute atomic E-state index is 11.3. The summed E-state index contributed by atoms with van der Waals surface area (Å²) in [5.74, 6) is 0.856. The largest absolute Gasteiger partial charge is 0.508 e. The monoisotopic (exact) mass is 378 g/mol. The zero-order valence-electron chi connectivity index (χ0n) is 15.7. The molecule has 0 bridgehead atoms. The minimum Gasteiger partial charge on any atom is -0.508 e. The third-order valence-electron chi connectivity index (χ3n) is 4.76. The lowest BCUT2D eigenvalue weighted by Crippen LogP contribution is -2.10. The van der Waals surface area contributed by atoms with E-state index >= 15 is 0 Å². The fraction of sp³-hybridized carbons (Fsp3) is 0.400. The summed E-state index contributed by atoms with van der Waals surface area (Å²) in [7, 11) is -4.24. The minimum atomic E-state index is -4.24. The summed E-state index contributed by atoms with van der Waals surface area (Å²) in [6, 6.07) is 7.17. The molecule has 5 nitrogen and oxygen atoms in total. The lowest BCUT2D eigenvalue weighted by atomic mass is 9.86. The molecule has 0 heterocycles. The highest BCUT2D eigenvalue weighted by atomic mass is 31.2. The van der Waals surface area contributed by atoms with Crippen molar-refractivity contribution < 1.29 is 24.2 Å². The molecule has 0 radical (unpaired) electrons. The average molecular weight is 378 g/mol. The third kappa shape index (κ3) is 4.67. The maximum atomic E-state index is 11.3. The van der Waals surface area contributed by atoms with Crippen molar-refractivity contribution in [1.29, 1.82) is 0 Å². The fourth-order valence-electron chi connectivity index (χ4n) is 3.43. The Morgan fingerprint density at radius 1 is 0.923 bits per heavy atom. The van der Waals surface area contributed by atoms with Gasteiger partial charge in [-0.3, -0.25) is 4.57 Å². The molecule has 0 fully saturated rings. The Morgan fingerprint density at radius 3 is 1.85 bits per heavy atom. The molecule has 0 aromatic heterocycles. The van der Waals surface area contributed by atoms with Crippen LogP contribution >= 0.6 is 7.60 Å². The molecule has 142 valence electrons. The van der Waals surface area contributed by atoms with Crippen LogP contribution in [0.15, 0.2) is 24.3 Å². The highest BCUT2D eigenvalue weighted by Gasteiger charge is 2.22. The van der Waals surface area contributed by atoms with Gasteiger partial charge in [-0.15, -0.1) is 0 Å². The number of hydrogen-bond donors (Lipinski definition) is 3. The average Bonchev–Trinajstić information content (AvgIpc) is 2.57. The summed E-state index contributed by atoms with van der Waals surface area (Å²) in [5.41, 5.74) is 6.48. The van der Waals surface area contributed by atoms with Crippen molar-refractivity contribution >= 4 is 7.60 Å². The number of rotatable bonds is 7. The molecule has 2 aromatic carbocycles. The maximum Gasteiger partial charge on any atom is 0.362 e. The first kappa shape index (κ1) is 20.5. The molecule has 0 unspecified atom stereocenters. The Bertz CT molecular complexity index is 790. The van der Waals surface area contributed by atoms with Gasteiger partial charge in [0.15, 0.2) is 6.35 Å². The number of phenolic OH excluding ortho intramolecular Hbond substituents is 1. The van der Waals surface area contributed by atoms with Gasteiger partial charge < -0.3 is 19.6 Å². The summed E-state index contributed by atoms with van der Waals surface area (Å²) in [6.45, 7) is 8.11. The number of ether oxygens (including phenoxy) is 1. The summed E-state index contributed by atoms with van der Waals surface area (Å²) in [4.78, 5) is 18.4. The van der Waals surface area contributed by atoms with E-state index in [2.05, 4.69) is 0 Å². The Morgan fingerprint density at radius 2 is 1.42 bits per heavy atom. The van der Waals surface area contributed by atoms with Gasteiger partial charge in [0.25, 0.3) is 0 Å². The van der Waals surface area contributed by atoms with Gasteiger partial charge in [0.1, 0.15) is 11.5 Å². The van der Waals surface area contributed by atoms with E-state index in [0.717, 1.165) is 47.1 Å². The molecule has 26 heavy (non-hydrogen) atoms. The van der Waals surface area contributed by atoms with E-state index in [-0.39, 0.29) is 5.75 Å². The highest BCUT2D eigenvalue weighted by molar-refractivity contribution is 7.51. The van der Waals surface area contributed by atoms with Crippen LogP contribution < -0.4 is 4.74 Å². The molecular weight excluding hydrogens is 351 g/mol. The van der Waals surface area contributed by atoms with Crippen LogP contribution in [0.4, 0.5) is 0 Å². The summed E-state index contributed by atoms with van der Waals surface area (Å²) < 4.78 is 16.9. The van der Waals surface area contributed by atoms with Crippen LogP contribution in [0.2, 0.25) is 0 Å². The molecule has 0 spiro atoms. The molecule has 6 heteroatoms. The van der Waals surface area contributed by atoms with Crippen molar-refractivity contribution in [2.24, 2.45) is 0 Å². The highest BCUT2D eigenvalue weighted by Crippen LogP contribution is 2.40. The Labute approximate surface area is 154 Å². The van der Waals surface area contributed by atoms with E-state index < -0.39 is 13.9 Å². The number of hydrogen-bond acceptors (Lipinski definition) is 3. The molecular formula is C20H27O5P. The fourth-order valence-corrected chi connectivity index (χ4v) is 3.72. The van der Waals surface area contributed by atoms with Crippen molar-refractivity contribution in [3.05, 3.63) is 57.6 Å². The number of aromatic hydroxyl groups is 1. The second-order valence-electron chi connectivity index (χ2n) is 6.50. The van der Waals surface area contributed by atoms with Gasteiger partial charge in [0.05, 0.1) is 0 Å². The van der Waals surface area contributed by atoms with E-state index in [1.54, 1.807) is 12.1 Å². The van der Waals surface area contributed by atoms with Gasteiger partial charge in [-0.2, -0.15) is 0 Å². The molecule has 0 atom stereocenters. The summed E-state index contributed by atoms with van der Waals surface area (Å²) in [5, 5.41) is 9.48. The second-order valence-corrected chi connectivity index (χ2v) is 8.09. The zero-order chi connectivity index (χ0) is 19.5. The van der Waals surface area contributed by atoms with Gasteiger partial charge in [-0.25, -0.2) is 0 Å². The molecule has 0 amide bonds. The van der Waals surface area contributed by atoms with Crippen molar-refractivity contribution in [3.8, 4) is 11.5 Å².